The van der Waals surface area contributed by atoms with E-state index < -0.39 is 5.60 Å². The zero-order chi connectivity index (χ0) is 9.90. The molecule has 2 heteroatoms. The molecule has 0 spiro atoms. The lowest BCUT2D eigenvalue weighted by Crippen LogP contribution is -2.34. The maximum atomic E-state index is 11.0. The molecule has 0 bridgehead atoms. The number of hydrogen-bond acceptors (Lipinski definition) is 2. The van der Waals surface area contributed by atoms with E-state index >= 15 is 0 Å². The standard InChI is InChI=1S/C11H20O2/c1-9(10(2)12)8-11(13)6-4-3-5-7-11/h9,13H,3-8H2,1-2H3. The summed E-state index contributed by atoms with van der Waals surface area (Å²) in [7, 11) is 0. The summed E-state index contributed by atoms with van der Waals surface area (Å²) < 4.78 is 0. The molecule has 0 heterocycles. The van der Waals surface area contributed by atoms with Crippen LogP contribution in [0.3, 0.4) is 0 Å². The fourth-order valence-electron chi connectivity index (χ4n) is 2.13. The molecular formula is C11H20O2. The molecule has 1 saturated carbocycles. The molecule has 1 aliphatic rings. The van der Waals surface area contributed by atoms with Crippen molar-refractivity contribution in [3.63, 3.8) is 0 Å². The topological polar surface area (TPSA) is 37.3 Å². The molecule has 0 aliphatic heterocycles. The van der Waals surface area contributed by atoms with Crippen molar-refractivity contribution >= 4 is 5.78 Å². The van der Waals surface area contributed by atoms with E-state index in [1.807, 2.05) is 6.92 Å². The van der Waals surface area contributed by atoms with Crippen LogP contribution in [0.5, 0.6) is 0 Å². The summed E-state index contributed by atoms with van der Waals surface area (Å²) in [5.41, 5.74) is -0.538. The Kier molecular flexibility index (Phi) is 3.48. The second-order valence-electron chi connectivity index (χ2n) is 4.50. The van der Waals surface area contributed by atoms with Gasteiger partial charge in [-0.2, -0.15) is 0 Å². The summed E-state index contributed by atoms with van der Waals surface area (Å²) >= 11 is 0. The Morgan fingerprint density at radius 2 is 1.92 bits per heavy atom. The first kappa shape index (κ1) is 10.7. The van der Waals surface area contributed by atoms with Gasteiger partial charge >= 0.3 is 0 Å². The Labute approximate surface area is 80.3 Å². The predicted octanol–water partition coefficient (Wildman–Crippen LogP) is 2.30. The van der Waals surface area contributed by atoms with E-state index in [0.717, 1.165) is 25.7 Å². The number of carbonyl (C=O) groups excluding carboxylic acids is 1. The van der Waals surface area contributed by atoms with Crippen LogP contribution in [-0.2, 0) is 4.79 Å². The first-order valence-electron chi connectivity index (χ1n) is 5.26. The van der Waals surface area contributed by atoms with E-state index in [9.17, 15) is 9.90 Å². The number of hydrogen-bond donors (Lipinski definition) is 1. The van der Waals surface area contributed by atoms with Crippen LogP contribution in [0.1, 0.15) is 52.4 Å². The van der Waals surface area contributed by atoms with Crippen molar-refractivity contribution in [3.05, 3.63) is 0 Å². The van der Waals surface area contributed by atoms with Crippen molar-refractivity contribution in [2.24, 2.45) is 5.92 Å². The number of rotatable bonds is 3. The third kappa shape index (κ3) is 3.11. The third-order valence-corrected chi connectivity index (χ3v) is 3.16. The molecule has 1 N–H and O–H groups in total. The maximum absolute atomic E-state index is 11.0. The first-order valence-corrected chi connectivity index (χ1v) is 5.26. The Bertz CT molecular complexity index is 181. The smallest absolute Gasteiger partial charge is 0.132 e. The highest BCUT2D eigenvalue weighted by molar-refractivity contribution is 5.77. The van der Waals surface area contributed by atoms with E-state index in [2.05, 4.69) is 0 Å². The lowest BCUT2D eigenvalue weighted by molar-refractivity contribution is -0.123. The SMILES string of the molecule is CC(=O)C(C)CC1(O)CCCCC1. The van der Waals surface area contributed by atoms with Gasteiger partial charge in [-0.05, 0) is 26.2 Å². The monoisotopic (exact) mass is 184 g/mol. The molecule has 1 unspecified atom stereocenters. The van der Waals surface area contributed by atoms with Crippen molar-refractivity contribution in [2.75, 3.05) is 0 Å². The molecule has 1 atom stereocenters. The fraction of sp³-hybridized carbons (Fsp3) is 0.909. The van der Waals surface area contributed by atoms with Gasteiger partial charge in [0.1, 0.15) is 5.78 Å². The quantitative estimate of drug-likeness (QED) is 0.730. The molecule has 0 amide bonds. The Morgan fingerprint density at radius 3 is 2.38 bits per heavy atom. The van der Waals surface area contributed by atoms with Crippen molar-refractivity contribution < 1.29 is 9.90 Å². The minimum Gasteiger partial charge on any atom is -0.390 e. The van der Waals surface area contributed by atoms with Gasteiger partial charge in [0.05, 0.1) is 5.60 Å². The molecule has 1 aliphatic carbocycles. The highest BCUT2D eigenvalue weighted by Gasteiger charge is 2.31. The molecule has 1 rings (SSSR count). The van der Waals surface area contributed by atoms with E-state index in [1.165, 1.54) is 6.42 Å². The van der Waals surface area contributed by atoms with Crippen molar-refractivity contribution in [1.29, 1.82) is 0 Å². The number of Topliss-reactive ketones (excluding diaryl/α,β-unsaturated/α-hetero) is 1. The summed E-state index contributed by atoms with van der Waals surface area (Å²) in [6, 6.07) is 0. The van der Waals surface area contributed by atoms with Crippen LogP contribution in [0, 0.1) is 5.92 Å². The average Bonchev–Trinajstić information content (AvgIpc) is 2.04. The normalized spacial score (nSPS) is 23.9. The predicted molar refractivity (Wildman–Crippen MR) is 52.5 cm³/mol. The third-order valence-electron chi connectivity index (χ3n) is 3.16. The maximum Gasteiger partial charge on any atom is 0.132 e. The minimum absolute atomic E-state index is 0.0168. The fourth-order valence-corrected chi connectivity index (χ4v) is 2.13. The summed E-state index contributed by atoms with van der Waals surface area (Å²) in [6.45, 7) is 3.52. The Balaban J connectivity index is 2.45. The summed E-state index contributed by atoms with van der Waals surface area (Å²) in [5, 5.41) is 10.1. The Hall–Kier alpha value is -0.370. The molecule has 1 fully saturated rings. The molecule has 0 radical (unpaired) electrons. The highest BCUT2D eigenvalue weighted by Crippen LogP contribution is 2.33. The largest absolute Gasteiger partial charge is 0.390 e. The minimum atomic E-state index is -0.538. The van der Waals surface area contributed by atoms with Crippen molar-refractivity contribution in [2.45, 2.75) is 58.0 Å². The summed E-state index contributed by atoms with van der Waals surface area (Å²) in [6.07, 6.45) is 5.87. The van der Waals surface area contributed by atoms with Gasteiger partial charge in [0, 0.05) is 5.92 Å². The van der Waals surface area contributed by atoms with Gasteiger partial charge in [0.2, 0.25) is 0 Å². The van der Waals surface area contributed by atoms with E-state index in [-0.39, 0.29) is 11.7 Å². The number of ketones is 1. The second kappa shape index (κ2) is 4.23. The van der Waals surface area contributed by atoms with Crippen LogP contribution in [0.25, 0.3) is 0 Å². The zero-order valence-corrected chi connectivity index (χ0v) is 8.68. The van der Waals surface area contributed by atoms with Gasteiger partial charge in [0.15, 0.2) is 0 Å². The molecule has 0 aromatic heterocycles. The highest BCUT2D eigenvalue weighted by atomic mass is 16.3. The van der Waals surface area contributed by atoms with Gasteiger partial charge in [-0.1, -0.05) is 26.2 Å². The first-order chi connectivity index (χ1) is 6.03. The van der Waals surface area contributed by atoms with Gasteiger partial charge < -0.3 is 5.11 Å². The molecule has 0 saturated heterocycles. The lowest BCUT2D eigenvalue weighted by Gasteiger charge is -2.33. The molecule has 76 valence electrons. The van der Waals surface area contributed by atoms with Gasteiger partial charge in [-0.15, -0.1) is 0 Å². The van der Waals surface area contributed by atoms with Crippen LogP contribution < -0.4 is 0 Å². The van der Waals surface area contributed by atoms with Crippen LogP contribution in [0.2, 0.25) is 0 Å². The summed E-state index contributed by atoms with van der Waals surface area (Å²) in [5.74, 6) is 0.210. The van der Waals surface area contributed by atoms with Crippen molar-refractivity contribution in [3.8, 4) is 0 Å². The van der Waals surface area contributed by atoms with Gasteiger partial charge in [-0.3, -0.25) is 4.79 Å². The molecular weight excluding hydrogens is 164 g/mol. The second-order valence-corrected chi connectivity index (χ2v) is 4.50. The average molecular weight is 184 g/mol. The summed E-state index contributed by atoms with van der Waals surface area (Å²) in [4.78, 5) is 11.0. The van der Waals surface area contributed by atoms with Crippen LogP contribution in [0.15, 0.2) is 0 Å². The molecule has 0 aromatic carbocycles. The van der Waals surface area contributed by atoms with Crippen LogP contribution in [0.4, 0.5) is 0 Å². The van der Waals surface area contributed by atoms with Gasteiger partial charge in [0.25, 0.3) is 0 Å². The van der Waals surface area contributed by atoms with E-state index in [4.69, 9.17) is 0 Å². The van der Waals surface area contributed by atoms with Gasteiger partial charge in [-0.25, -0.2) is 0 Å². The van der Waals surface area contributed by atoms with Crippen LogP contribution >= 0.6 is 0 Å². The zero-order valence-electron chi connectivity index (χ0n) is 8.68. The van der Waals surface area contributed by atoms with Crippen LogP contribution in [-0.4, -0.2) is 16.5 Å². The molecule has 13 heavy (non-hydrogen) atoms. The van der Waals surface area contributed by atoms with E-state index in [0.29, 0.717) is 6.42 Å². The molecule has 2 nitrogen and oxygen atoms in total. The lowest BCUT2D eigenvalue weighted by atomic mass is 9.78. The Morgan fingerprint density at radius 1 is 1.38 bits per heavy atom. The van der Waals surface area contributed by atoms with E-state index in [1.54, 1.807) is 6.92 Å². The number of carbonyl (C=O) groups is 1. The number of aliphatic hydroxyl groups is 1. The van der Waals surface area contributed by atoms with Crippen molar-refractivity contribution in [1.82, 2.24) is 0 Å². The molecule has 0 aromatic rings.